The van der Waals surface area contributed by atoms with E-state index in [0.717, 1.165) is 23.3 Å². The van der Waals surface area contributed by atoms with E-state index in [1.54, 1.807) is 13.8 Å². The van der Waals surface area contributed by atoms with Crippen molar-refractivity contribution >= 4 is 34.2 Å². The molecule has 0 aromatic carbocycles. The lowest BCUT2D eigenvalue weighted by atomic mass is 10.1. The van der Waals surface area contributed by atoms with Crippen molar-refractivity contribution in [2.75, 3.05) is 18.5 Å². The summed E-state index contributed by atoms with van der Waals surface area (Å²) >= 11 is 1.30. The van der Waals surface area contributed by atoms with Crippen molar-refractivity contribution < 1.29 is 23.9 Å². The van der Waals surface area contributed by atoms with Gasteiger partial charge in [0.05, 0.1) is 18.1 Å². The van der Waals surface area contributed by atoms with Crippen molar-refractivity contribution in [1.82, 2.24) is 0 Å². The zero-order valence-electron chi connectivity index (χ0n) is 12.9. The normalized spacial score (nSPS) is 13.6. The Morgan fingerprint density at radius 1 is 1.23 bits per heavy atom. The minimum absolute atomic E-state index is 0.0471. The van der Waals surface area contributed by atoms with Crippen LogP contribution in [0.3, 0.4) is 0 Å². The van der Waals surface area contributed by atoms with E-state index in [1.807, 2.05) is 6.92 Å². The Kier molecular flexibility index (Phi) is 5.18. The fourth-order valence-corrected chi connectivity index (χ4v) is 2.97. The van der Waals surface area contributed by atoms with Crippen LogP contribution in [-0.4, -0.2) is 31.1 Å². The molecule has 6 nitrogen and oxygen atoms in total. The first-order valence-corrected chi connectivity index (χ1v) is 7.99. The highest BCUT2D eigenvalue weighted by Gasteiger charge is 2.31. The largest absolute Gasteiger partial charge is 0.462 e. The quantitative estimate of drug-likeness (QED) is 0.812. The monoisotopic (exact) mass is 325 g/mol. The van der Waals surface area contributed by atoms with Crippen LogP contribution >= 0.6 is 11.3 Å². The van der Waals surface area contributed by atoms with Crippen LogP contribution in [0.4, 0.5) is 5.00 Å². The molecule has 0 saturated heterocycles. The Bertz CT molecular complexity index is 603. The number of carbonyl (C=O) groups is 3. The van der Waals surface area contributed by atoms with Crippen LogP contribution in [0.5, 0.6) is 0 Å². The van der Waals surface area contributed by atoms with Gasteiger partial charge in [-0.15, -0.1) is 11.3 Å². The van der Waals surface area contributed by atoms with Gasteiger partial charge in [0.25, 0.3) is 5.91 Å². The molecule has 0 bridgehead atoms. The summed E-state index contributed by atoms with van der Waals surface area (Å²) in [5, 5.41) is 3.06. The summed E-state index contributed by atoms with van der Waals surface area (Å²) in [7, 11) is 0. The third kappa shape index (κ3) is 3.85. The van der Waals surface area contributed by atoms with E-state index in [4.69, 9.17) is 9.47 Å². The topological polar surface area (TPSA) is 81.7 Å². The molecule has 1 amide bonds. The fraction of sp³-hybridized carbons (Fsp3) is 0.533. The van der Waals surface area contributed by atoms with Gasteiger partial charge in [-0.05, 0) is 39.2 Å². The first kappa shape index (κ1) is 16.5. The number of carbonyl (C=O) groups excluding carboxylic acids is 3. The van der Waals surface area contributed by atoms with Gasteiger partial charge in [-0.1, -0.05) is 0 Å². The number of hydrogen-bond acceptors (Lipinski definition) is 6. The standard InChI is InChI=1S/C15H19NO5S/c1-4-20-15(19)12-8(2)9(3)22-13(12)16-11(17)7-21-14(18)10-5-6-10/h10H,4-7H2,1-3H3,(H,16,17). The zero-order valence-corrected chi connectivity index (χ0v) is 13.7. The van der Waals surface area contributed by atoms with Crippen molar-refractivity contribution in [3.63, 3.8) is 0 Å². The SMILES string of the molecule is CCOC(=O)c1c(NC(=O)COC(=O)C2CC2)sc(C)c1C. The molecule has 0 spiro atoms. The highest BCUT2D eigenvalue weighted by atomic mass is 32.1. The lowest BCUT2D eigenvalue weighted by Gasteiger charge is -2.07. The summed E-state index contributed by atoms with van der Waals surface area (Å²) in [6, 6.07) is 0. The van der Waals surface area contributed by atoms with E-state index in [1.165, 1.54) is 11.3 Å². The Balaban J connectivity index is 2.01. The second kappa shape index (κ2) is 6.91. The maximum Gasteiger partial charge on any atom is 0.341 e. The van der Waals surface area contributed by atoms with Gasteiger partial charge in [-0.25, -0.2) is 4.79 Å². The Hall–Kier alpha value is -1.89. The molecule has 0 atom stereocenters. The third-order valence-corrected chi connectivity index (χ3v) is 4.50. The smallest absolute Gasteiger partial charge is 0.341 e. The van der Waals surface area contributed by atoms with Crippen molar-refractivity contribution in [3.05, 3.63) is 16.0 Å². The van der Waals surface area contributed by atoms with E-state index in [-0.39, 0.29) is 25.1 Å². The molecule has 120 valence electrons. The van der Waals surface area contributed by atoms with E-state index in [2.05, 4.69) is 5.32 Å². The molecule has 22 heavy (non-hydrogen) atoms. The number of hydrogen-bond donors (Lipinski definition) is 1. The second-order valence-electron chi connectivity index (χ2n) is 5.14. The Morgan fingerprint density at radius 2 is 1.91 bits per heavy atom. The molecule has 1 N–H and O–H groups in total. The van der Waals surface area contributed by atoms with Crippen LogP contribution in [0.2, 0.25) is 0 Å². The second-order valence-corrected chi connectivity index (χ2v) is 6.36. The van der Waals surface area contributed by atoms with Crippen LogP contribution in [0.1, 0.15) is 40.6 Å². The van der Waals surface area contributed by atoms with Gasteiger partial charge < -0.3 is 14.8 Å². The average Bonchev–Trinajstić information content (AvgIpc) is 3.25. The molecule has 1 aliphatic rings. The maximum absolute atomic E-state index is 12.0. The van der Waals surface area contributed by atoms with Gasteiger partial charge in [0.15, 0.2) is 6.61 Å². The van der Waals surface area contributed by atoms with E-state index in [9.17, 15) is 14.4 Å². The summed E-state index contributed by atoms with van der Waals surface area (Å²) in [5.74, 6) is -1.30. The van der Waals surface area contributed by atoms with E-state index >= 15 is 0 Å². The summed E-state index contributed by atoms with van der Waals surface area (Å²) in [5.41, 5.74) is 1.15. The van der Waals surface area contributed by atoms with Crippen LogP contribution in [0.25, 0.3) is 0 Å². The summed E-state index contributed by atoms with van der Waals surface area (Å²) in [4.78, 5) is 36.2. The van der Waals surface area contributed by atoms with Crippen LogP contribution in [0.15, 0.2) is 0 Å². The molecule has 1 aromatic rings. The predicted molar refractivity (Wildman–Crippen MR) is 82.1 cm³/mol. The highest BCUT2D eigenvalue weighted by Crippen LogP contribution is 2.33. The lowest BCUT2D eigenvalue weighted by Crippen LogP contribution is -2.22. The van der Waals surface area contributed by atoms with Gasteiger partial charge in [0, 0.05) is 4.88 Å². The van der Waals surface area contributed by atoms with Gasteiger partial charge in [-0.2, -0.15) is 0 Å². The molecule has 1 heterocycles. The van der Waals surface area contributed by atoms with Crippen LogP contribution < -0.4 is 5.32 Å². The lowest BCUT2D eigenvalue weighted by molar-refractivity contribution is -0.148. The first-order valence-electron chi connectivity index (χ1n) is 7.17. The van der Waals surface area contributed by atoms with E-state index < -0.39 is 11.9 Å². The summed E-state index contributed by atoms with van der Waals surface area (Å²) < 4.78 is 9.94. The molecular formula is C15H19NO5S. The van der Waals surface area contributed by atoms with E-state index in [0.29, 0.717) is 10.6 Å². The number of anilines is 1. The van der Waals surface area contributed by atoms with Crippen LogP contribution in [0, 0.1) is 19.8 Å². The van der Waals surface area contributed by atoms with Crippen molar-refractivity contribution in [2.45, 2.75) is 33.6 Å². The summed E-state index contributed by atoms with van der Waals surface area (Å²) in [6.07, 6.45) is 1.66. The minimum Gasteiger partial charge on any atom is -0.462 e. The number of amides is 1. The molecule has 0 aliphatic heterocycles. The van der Waals surface area contributed by atoms with Crippen molar-refractivity contribution in [1.29, 1.82) is 0 Å². The van der Waals surface area contributed by atoms with Gasteiger partial charge >= 0.3 is 11.9 Å². The predicted octanol–water partition coefficient (Wildman–Crippen LogP) is 2.43. The number of thiophene rings is 1. The average molecular weight is 325 g/mol. The molecule has 0 unspecified atom stereocenters. The van der Waals surface area contributed by atoms with Crippen molar-refractivity contribution in [3.8, 4) is 0 Å². The molecule has 1 saturated carbocycles. The number of aryl methyl sites for hydroxylation is 1. The third-order valence-electron chi connectivity index (χ3n) is 3.37. The number of nitrogens with one attached hydrogen (secondary N) is 1. The molecule has 0 radical (unpaired) electrons. The molecule has 2 rings (SSSR count). The molecule has 1 fully saturated rings. The maximum atomic E-state index is 12.0. The Labute approximate surface area is 132 Å². The number of rotatable bonds is 6. The fourth-order valence-electron chi connectivity index (χ4n) is 1.90. The summed E-state index contributed by atoms with van der Waals surface area (Å²) in [6.45, 7) is 5.32. The Morgan fingerprint density at radius 3 is 2.50 bits per heavy atom. The van der Waals surface area contributed by atoms with Gasteiger partial charge in [0.1, 0.15) is 5.00 Å². The van der Waals surface area contributed by atoms with Crippen LogP contribution in [-0.2, 0) is 19.1 Å². The van der Waals surface area contributed by atoms with Gasteiger partial charge in [-0.3, -0.25) is 9.59 Å². The minimum atomic E-state index is -0.463. The molecule has 7 heteroatoms. The number of esters is 2. The number of ether oxygens (including phenoxy) is 2. The van der Waals surface area contributed by atoms with Gasteiger partial charge in [0.2, 0.25) is 0 Å². The first-order chi connectivity index (χ1) is 10.4. The zero-order chi connectivity index (χ0) is 16.3. The molecule has 1 aromatic heterocycles. The van der Waals surface area contributed by atoms with Crippen molar-refractivity contribution in [2.24, 2.45) is 5.92 Å². The molecular weight excluding hydrogens is 306 g/mol. The highest BCUT2D eigenvalue weighted by molar-refractivity contribution is 7.16. The molecule has 1 aliphatic carbocycles.